The molecule has 3 aromatic rings. The highest BCUT2D eigenvalue weighted by Gasteiger charge is 2.21. The molecule has 0 saturated heterocycles. The predicted molar refractivity (Wildman–Crippen MR) is 111 cm³/mol. The summed E-state index contributed by atoms with van der Waals surface area (Å²) in [4.78, 5) is 12.7. The molecule has 1 N–H and O–H groups in total. The Morgan fingerprint density at radius 1 is 1.07 bits per heavy atom. The number of thioether (sulfide) groups is 1. The number of tetrazole rings is 1. The first-order valence-electron chi connectivity index (χ1n) is 9.23. The topological polar surface area (TPSA) is 72.7 Å². The first kappa shape index (κ1) is 20.1. The van der Waals surface area contributed by atoms with Crippen LogP contribution in [0.4, 0.5) is 0 Å². The van der Waals surface area contributed by atoms with Gasteiger partial charge in [-0.05, 0) is 48.7 Å². The van der Waals surface area contributed by atoms with Gasteiger partial charge >= 0.3 is 0 Å². The molecule has 0 saturated carbocycles. The third kappa shape index (κ3) is 5.42. The van der Waals surface area contributed by atoms with Crippen LogP contribution in [0.25, 0.3) is 0 Å². The van der Waals surface area contributed by atoms with E-state index in [4.69, 9.17) is 0 Å². The minimum atomic E-state index is -0.234. The van der Waals surface area contributed by atoms with Gasteiger partial charge in [0.25, 0.3) is 0 Å². The van der Waals surface area contributed by atoms with E-state index in [0.29, 0.717) is 5.16 Å². The van der Waals surface area contributed by atoms with Crippen LogP contribution in [-0.4, -0.2) is 31.9 Å². The number of carbonyl (C=O) groups is 1. The summed E-state index contributed by atoms with van der Waals surface area (Å²) < 4.78 is 1.74. The number of carbonyl (C=O) groups excluding carboxylic acids is 1. The Balaban J connectivity index is 1.67. The molecule has 1 aromatic heterocycles. The maximum atomic E-state index is 12.7. The fraction of sp³-hybridized carbons (Fsp3) is 0.333. The summed E-state index contributed by atoms with van der Waals surface area (Å²) in [5, 5.41) is 15.6. The van der Waals surface area contributed by atoms with E-state index in [1.807, 2.05) is 69.3 Å². The van der Waals surface area contributed by atoms with Crippen LogP contribution in [0.2, 0.25) is 0 Å². The molecule has 0 aliphatic rings. The molecule has 0 fully saturated rings. The molecule has 3 rings (SSSR count). The molecule has 6 nitrogen and oxygen atoms in total. The van der Waals surface area contributed by atoms with E-state index in [2.05, 4.69) is 33.0 Å². The van der Waals surface area contributed by atoms with Crippen LogP contribution < -0.4 is 5.32 Å². The summed E-state index contributed by atoms with van der Waals surface area (Å²) in [5.74, 6) is 0.215. The van der Waals surface area contributed by atoms with E-state index in [1.165, 1.54) is 17.3 Å². The minimum Gasteiger partial charge on any atom is -0.348 e. The second kappa shape index (κ2) is 9.01. The third-order valence-corrected chi connectivity index (χ3v) is 5.15. The van der Waals surface area contributed by atoms with Crippen molar-refractivity contribution < 1.29 is 4.79 Å². The lowest BCUT2D eigenvalue weighted by Gasteiger charge is -2.21. The molecule has 1 amide bonds. The number of hydrogen-bond acceptors (Lipinski definition) is 5. The van der Waals surface area contributed by atoms with Gasteiger partial charge in [-0.2, -0.15) is 0 Å². The number of nitrogens with zero attached hydrogens (tertiary/aromatic N) is 4. The Labute approximate surface area is 169 Å². The van der Waals surface area contributed by atoms with Crippen molar-refractivity contribution in [2.24, 2.45) is 0 Å². The van der Waals surface area contributed by atoms with Gasteiger partial charge in [-0.25, -0.2) is 4.68 Å². The van der Waals surface area contributed by atoms with Crippen LogP contribution in [0.3, 0.4) is 0 Å². The Bertz CT molecular complexity index is 890. The molecular weight excluding hydrogens is 370 g/mol. The van der Waals surface area contributed by atoms with Crippen molar-refractivity contribution in [2.45, 2.75) is 43.9 Å². The van der Waals surface area contributed by atoms with Crippen LogP contribution >= 0.6 is 11.8 Å². The highest BCUT2D eigenvalue weighted by molar-refractivity contribution is 7.99. The largest absolute Gasteiger partial charge is 0.348 e. The predicted octanol–water partition coefficient (Wildman–Crippen LogP) is 3.62. The Morgan fingerprint density at radius 2 is 1.71 bits per heavy atom. The zero-order chi connectivity index (χ0) is 20.0. The Kier molecular flexibility index (Phi) is 6.46. The third-order valence-electron chi connectivity index (χ3n) is 4.23. The van der Waals surface area contributed by atoms with Crippen molar-refractivity contribution in [3.63, 3.8) is 0 Å². The lowest BCUT2D eigenvalue weighted by molar-refractivity contribution is -0.119. The van der Waals surface area contributed by atoms with Crippen molar-refractivity contribution in [2.75, 3.05) is 5.75 Å². The summed E-state index contributed by atoms with van der Waals surface area (Å²) in [6, 6.07) is 20.1. The van der Waals surface area contributed by atoms with E-state index < -0.39 is 0 Å². The van der Waals surface area contributed by atoms with Gasteiger partial charge in [-0.15, -0.1) is 5.10 Å². The first-order valence-corrected chi connectivity index (χ1v) is 10.2. The molecule has 0 bridgehead atoms. The van der Waals surface area contributed by atoms with Gasteiger partial charge in [-0.3, -0.25) is 4.79 Å². The van der Waals surface area contributed by atoms with Gasteiger partial charge in [0.2, 0.25) is 11.1 Å². The lowest BCUT2D eigenvalue weighted by atomic mass is 9.99. The molecule has 1 unspecified atom stereocenters. The average Bonchev–Trinajstić information content (AvgIpc) is 3.17. The zero-order valence-corrected chi connectivity index (χ0v) is 17.2. The summed E-state index contributed by atoms with van der Waals surface area (Å²) in [6.07, 6.45) is 0.737. The molecule has 0 aliphatic carbocycles. The molecule has 7 heteroatoms. The van der Waals surface area contributed by atoms with Gasteiger partial charge in [0.1, 0.15) is 0 Å². The summed E-state index contributed by atoms with van der Waals surface area (Å²) in [5.41, 5.74) is 2.03. The number of aromatic nitrogens is 4. The molecule has 0 spiro atoms. The van der Waals surface area contributed by atoms with Gasteiger partial charge in [0.05, 0.1) is 17.3 Å². The lowest BCUT2D eigenvalue weighted by Crippen LogP contribution is -2.31. The molecular formula is C21H25N5OS. The standard InChI is InChI=1S/C21H25N5OS/c1-21(2,3)26-20(23-24-25-26)28-15-19(27)22-18(17-12-8-5-9-13-17)14-16-10-6-4-7-11-16/h4-13,18H,14-15H2,1-3H3,(H,22,27). The van der Waals surface area contributed by atoms with E-state index in [-0.39, 0.29) is 23.2 Å². The van der Waals surface area contributed by atoms with Crippen molar-refractivity contribution >= 4 is 17.7 Å². The fourth-order valence-electron chi connectivity index (χ4n) is 2.84. The first-order chi connectivity index (χ1) is 13.4. The summed E-state index contributed by atoms with van der Waals surface area (Å²) in [7, 11) is 0. The molecule has 146 valence electrons. The number of amides is 1. The van der Waals surface area contributed by atoms with Gasteiger partial charge < -0.3 is 5.32 Å². The highest BCUT2D eigenvalue weighted by Crippen LogP contribution is 2.22. The maximum absolute atomic E-state index is 12.7. The molecule has 1 heterocycles. The number of rotatable bonds is 7. The molecule has 0 aliphatic heterocycles. The highest BCUT2D eigenvalue weighted by atomic mass is 32.2. The quantitative estimate of drug-likeness (QED) is 0.619. The van der Waals surface area contributed by atoms with Gasteiger partial charge in [-0.1, -0.05) is 72.4 Å². The zero-order valence-electron chi connectivity index (χ0n) is 16.4. The fourth-order valence-corrected chi connectivity index (χ4v) is 3.71. The monoisotopic (exact) mass is 395 g/mol. The van der Waals surface area contributed by atoms with E-state index in [1.54, 1.807) is 4.68 Å². The van der Waals surface area contributed by atoms with Crippen LogP contribution in [0.15, 0.2) is 65.8 Å². The SMILES string of the molecule is CC(C)(C)n1nnnc1SCC(=O)NC(Cc1ccccc1)c1ccccc1. The Morgan fingerprint density at radius 3 is 2.36 bits per heavy atom. The summed E-state index contributed by atoms with van der Waals surface area (Å²) in [6.45, 7) is 6.08. The van der Waals surface area contributed by atoms with Crippen LogP contribution in [0.1, 0.15) is 37.9 Å². The maximum Gasteiger partial charge on any atom is 0.230 e. The van der Waals surface area contributed by atoms with E-state index in [0.717, 1.165) is 12.0 Å². The molecule has 1 atom stereocenters. The van der Waals surface area contributed by atoms with Crippen molar-refractivity contribution in [3.05, 3.63) is 71.8 Å². The van der Waals surface area contributed by atoms with Crippen molar-refractivity contribution in [1.82, 2.24) is 25.5 Å². The minimum absolute atomic E-state index is 0.0433. The second-order valence-electron chi connectivity index (χ2n) is 7.55. The normalized spacial score (nSPS) is 12.5. The molecule has 28 heavy (non-hydrogen) atoms. The number of hydrogen-bond donors (Lipinski definition) is 1. The van der Waals surface area contributed by atoms with E-state index in [9.17, 15) is 4.79 Å². The molecule has 2 aromatic carbocycles. The number of benzene rings is 2. The van der Waals surface area contributed by atoms with Crippen LogP contribution in [0, 0.1) is 0 Å². The summed E-state index contributed by atoms with van der Waals surface area (Å²) >= 11 is 1.35. The van der Waals surface area contributed by atoms with Crippen LogP contribution in [-0.2, 0) is 16.8 Å². The van der Waals surface area contributed by atoms with Crippen molar-refractivity contribution in [1.29, 1.82) is 0 Å². The Hall–Kier alpha value is -2.67. The molecule has 0 radical (unpaired) electrons. The van der Waals surface area contributed by atoms with Gasteiger partial charge in [0.15, 0.2) is 0 Å². The average molecular weight is 396 g/mol. The van der Waals surface area contributed by atoms with Gasteiger partial charge in [0, 0.05) is 0 Å². The van der Waals surface area contributed by atoms with Crippen molar-refractivity contribution in [3.8, 4) is 0 Å². The van der Waals surface area contributed by atoms with E-state index >= 15 is 0 Å². The number of nitrogens with one attached hydrogen (secondary N) is 1. The smallest absolute Gasteiger partial charge is 0.230 e. The second-order valence-corrected chi connectivity index (χ2v) is 8.50. The van der Waals surface area contributed by atoms with Crippen LogP contribution in [0.5, 0.6) is 0 Å².